The number of benzene rings is 1. The molecular weight excluding hydrogens is 269 g/mol. The van der Waals surface area contributed by atoms with Gasteiger partial charge in [-0.3, -0.25) is 0 Å². The van der Waals surface area contributed by atoms with E-state index in [2.05, 4.69) is 10.3 Å². The number of ether oxygens (including phenoxy) is 1. The van der Waals surface area contributed by atoms with Gasteiger partial charge in [-0.2, -0.15) is 13.2 Å². The first-order valence-corrected chi connectivity index (χ1v) is 6.23. The van der Waals surface area contributed by atoms with Crippen molar-refractivity contribution in [1.29, 1.82) is 0 Å². The van der Waals surface area contributed by atoms with E-state index in [4.69, 9.17) is 4.74 Å². The quantitative estimate of drug-likeness (QED) is 0.931. The topological polar surface area (TPSA) is 34.1 Å². The molecule has 1 heterocycles. The first-order valence-electron chi connectivity index (χ1n) is 6.23. The van der Waals surface area contributed by atoms with Gasteiger partial charge in [0.05, 0.1) is 7.11 Å². The summed E-state index contributed by atoms with van der Waals surface area (Å²) in [6, 6.07) is 6.97. The first kappa shape index (κ1) is 13.0. The van der Waals surface area contributed by atoms with Gasteiger partial charge >= 0.3 is 6.18 Å². The van der Waals surface area contributed by atoms with Crippen LogP contribution in [0.25, 0.3) is 10.8 Å². The molecule has 0 atom stereocenters. The molecule has 1 aromatic heterocycles. The number of fused-ring (bicyclic) bond motifs is 1. The monoisotopic (exact) mass is 282 g/mol. The summed E-state index contributed by atoms with van der Waals surface area (Å²) in [6.45, 7) is 0. The van der Waals surface area contributed by atoms with Crippen molar-refractivity contribution in [2.24, 2.45) is 0 Å². The highest BCUT2D eigenvalue weighted by Gasteiger charge is 2.63. The molecule has 0 unspecified atom stereocenters. The van der Waals surface area contributed by atoms with Crippen LogP contribution in [0.4, 0.5) is 19.0 Å². The molecule has 0 amide bonds. The second kappa shape index (κ2) is 4.26. The van der Waals surface area contributed by atoms with Crippen LogP contribution < -0.4 is 10.1 Å². The van der Waals surface area contributed by atoms with Crippen LogP contribution in [0.2, 0.25) is 0 Å². The number of methoxy groups -OCH3 is 1. The number of hydrogen-bond donors (Lipinski definition) is 1. The number of anilines is 1. The smallest absolute Gasteiger partial charge is 0.411 e. The Morgan fingerprint density at radius 2 is 1.95 bits per heavy atom. The average Bonchev–Trinajstić information content (AvgIpc) is 3.19. The number of nitrogens with one attached hydrogen (secondary N) is 1. The number of aromatic nitrogens is 1. The van der Waals surface area contributed by atoms with Crippen LogP contribution in [0.15, 0.2) is 30.5 Å². The van der Waals surface area contributed by atoms with E-state index in [1.165, 1.54) is 13.3 Å². The molecule has 3 nitrogen and oxygen atoms in total. The van der Waals surface area contributed by atoms with E-state index in [1.54, 1.807) is 24.3 Å². The summed E-state index contributed by atoms with van der Waals surface area (Å²) in [5.74, 6) is 0.862. The molecule has 6 heteroatoms. The average molecular weight is 282 g/mol. The second-order valence-electron chi connectivity index (χ2n) is 4.92. The lowest BCUT2D eigenvalue weighted by Crippen LogP contribution is -2.38. The lowest BCUT2D eigenvalue weighted by molar-refractivity contribution is -0.151. The van der Waals surface area contributed by atoms with Crippen molar-refractivity contribution in [3.8, 4) is 5.75 Å². The summed E-state index contributed by atoms with van der Waals surface area (Å²) in [5, 5.41) is 3.94. The van der Waals surface area contributed by atoms with Crippen LogP contribution in [0, 0.1) is 0 Å². The summed E-state index contributed by atoms with van der Waals surface area (Å²) in [4.78, 5) is 4.05. The molecule has 0 saturated heterocycles. The minimum Gasteiger partial charge on any atom is -0.496 e. The molecule has 1 fully saturated rings. The molecule has 106 valence electrons. The van der Waals surface area contributed by atoms with Crippen molar-refractivity contribution in [2.75, 3.05) is 12.4 Å². The van der Waals surface area contributed by atoms with E-state index in [9.17, 15) is 13.2 Å². The van der Waals surface area contributed by atoms with Gasteiger partial charge in [-0.15, -0.1) is 0 Å². The highest BCUT2D eigenvalue weighted by Crippen LogP contribution is 2.51. The Kier molecular flexibility index (Phi) is 2.77. The van der Waals surface area contributed by atoms with Gasteiger partial charge in [-0.05, 0) is 25.0 Å². The fraction of sp³-hybridized carbons (Fsp3) is 0.357. The van der Waals surface area contributed by atoms with Gasteiger partial charge in [0, 0.05) is 17.0 Å². The van der Waals surface area contributed by atoms with Crippen LogP contribution in [-0.4, -0.2) is 23.8 Å². The Balaban J connectivity index is 2.05. The van der Waals surface area contributed by atoms with Crippen LogP contribution in [0.3, 0.4) is 0 Å². The van der Waals surface area contributed by atoms with Crippen LogP contribution in [0.5, 0.6) is 5.75 Å². The van der Waals surface area contributed by atoms with Gasteiger partial charge in [0.2, 0.25) is 0 Å². The van der Waals surface area contributed by atoms with Crippen molar-refractivity contribution >= 4 is 16.6 Å². The zero-order chi connectivity index (χ0) is 14.4. The zero-order valence-corrected chi connectivity index (χ0v) is 10.8. The van der Waals surface area contributed by atoms with Gasteiger partial charge in [0.1, 0.15) is 17.1 Å². The molecule has 1 aliphatic rings. The van der Waals surface area contributed by atoms with E-state index in [0.29, 0.717) is 11.1 Å². The number of pyridine rings is 1. The minimum absolute atomic E-state index is 0.0819. The Morgan fingerprint density at radius 1 is 1.20 bits per heavy atom. The molecule has 0 bridgehead atoms. The molecule has 1 saturated carbocycles. The Labute approximate surface area is 113 Å². The second-order valence-corrected chi connectivity index (χ2v) is 4.92. The summed E-state index contributed by atoms with van der Waals surface area (Å²) in [6.07, 6.45) is -2.62. The molecule has 1 N–H and O–H groups in total. The lowest BCUT2D eigenvalue weighted by atomic mass is 10.1. The third-order valence-electron chi connectivity index (χ3n) is 3.64. The van der Waals surface area contributed by atoms with Gasteiger partial charge < -0.3 is 10.1 Å². The van der Waals surface area contributed by atoms with E-state index in [1.807, 2.05) is 0 Å². The SMILES string of the molecule is COc1cccc2c(NC3(C(F)(F)F)CC3)nccc12. The van der Waals surface area contributed by atoms with Crippen molar-refractivity contribution in [2.45, 2.75) is 24.6 Å². The molecule has 2 aromatic rings. The highest BCUT2D eigenvalue weighted by molar-refractivity contribution is 5.96. The zero-order valence-electron chi connectivity index (χ0n) is 10.8. The highest BCUT2D eigenvalue weighted by atomic mass is 19.4. The van der Waals surface area contributed by atoms with Crippen molar-refractivity contribution < 1.29 is 17.9 Å². The standard InChI is InChI=1S/C14H13F3N2O/c1-20-11-4-2-3-10-9(11)5-8-18-12(10)19-13(6-7-13)14(15,16)17/h2-5,8H,6-7H2,1H3,(H,18,19). The van der Waals surface area contributed by atoms with Gasteiger partial charge in [0.25, 0.3) is 0 Å². The Bertz CT molecular complexity index is 650. The third-order valence-corrected chi connectivity index (χ3v) is 3.64. The maximum atomic E-state index is 13.0. The van der Waals surface area contributed by atoms with Crippen molar-refractivity contribution in [1.82, 2.24) is 4.98 Å². The first-order chi connectivity index (χ1) is 9.47. The molecule has 3 rings (SSSR count). The third kappa shape index (κ3) is 1.95. The lowest BCUT2D eigenvalue weighted by Gasteiger charge is -2.22. The van der Waals surface area contributed by atoms with E-state index >= 15 is 0 Å². The minimum atomic E-state index is -4.27. The maximum Gasteiger partial charge on any atom is 0.411 e. The van der Waals surface area contributed by atoms with E-state index < -0.39 is 11.7 Å². The summed E-state index contributed by atoms with van der Waals surface area (Å²) in [7, 11) is 1.53. The molecule has 0 spiro atoms. The number of alkyl halides is 3. The molecule has 0 radical (unpaired) electrons. The predicted octanol–water partition coefficient (Wildman–Crippen LogP) is 3.75. The Morgan fingerprint density at radius 3 is 2.55 bits per heavy atom. The number of rotatable bonds is 3. The number of hydrogen-bond acceptors (Lipinski definition) is 3. The Hall–Kier alpha value is -1.98. The van der Waals surface area contributed by atoms with Gasteiger partial charge in [-0.25, -0.2) is 4.98 Å². The summed E-state index contributed by atoms with van der Waals surface area (Å²) < 4.78 is 44.3. The van der Waals surface area contributed by atoms with Crippen molar-refractivity contribution in [3.63, 3.8) is 0 Å². The van der Waals surface area contributed by atoms with Crippen LogP contribution in [0.1, 0.15) is 12.8 Å². The van der Waals surface area contributed by atoms with Crippen LogP contribution >= 0.6 is 0 Å². The van der Waals surface area contributed by atoms with Gasteiger partial charge in [-0.1, -0.05) is 12.1 Å². The number of halogens is 3. The fourth-order valence-electron chi connectivity index (χ4n) is 2.29. The van der Waals surface area contributed by atoms with E-state index in [-0.39, 0.29) is 18.7 Å². The van der Waals surface area contributed by atoms with Crippen molar-refractivity contribution in [3.05, 3.63) is 30.5 Å². The maximum absolute atomic E-state index is 13.0. The summed E-state index contributed by atoms with van der Waals surface area (Å²) in [5.41, 5.74) is -1.82. The normalized spacial score (nSPS) is 17.0. The molecule has 0 aliphatic heterocycles. The molecule has 1 aliphatic carbocycles. The summed E-state index contributed by atoms with van der Waals surface area (Å²) >= 11 is 0. The van der Waals surface area contributed by atoms with E-state index in [0.717, 1.165) is 5.39 Å². The fourth-order valence-corrected chi connectivity index (χ4v) is 2.29. The largest absolute Gasteiger partial charge is 0.496 e. The molecular formula is C14H13F3N2O. The predicted molar refractivity (Wildman–Crippen MR) is 69.9 cm³/mol. The van der Waals surface area contributed by atoms with Crippen LogP contribution in [-0.2, 0) is 0 Å². The molecule has 1 aromatic carbocycles. The number of nitrogens with zero attached hydrogens (tertiary/aromatic N) is 1. The van der Waals surface area contributed by atoms with Gasteiger partial charge in [0.15, 0.2) is 0 Å². The molecule has 20 heavy (non-hydrogen) atoms.